The molecule has 3 heteroatoms. The summed E-state index contributed by atoms with van der Waals surface area (Å²) in [6.07, 6.45) is 9.29. The molecule has 0 radical (unpaired) electrons. The predicted molar refractivity (Wildman–Crippen MR) is 79.1 cm³/mol. The minimum Gasteiger partial charge on any atom is -0.356 e. The van der Waals surface area contributed by atoms with Crippen molar-refractivity contribution in [3.63, 3.8) is 0 Å². The summed E-state index contributed by atoms with van der Waals surface area (Å²) in [6.45, 7) is 3.20. The van der Waals surface area contributed by atoms with Crippen molar-refractivity contribution in [3.05, 3.63) is 0 Å². The fraction of sp³-hybridized carbons (Fsp3) is 0.941. The van der Waals surface area contributed by atoms with E-state index >= 15 is 0 Å². The van der Waals surface area contributed by atoms with Crippen LogP contribution in [0.15, 0.2) is 0 Å². The molecule has 20 heavy (non-hydrogen) atoms. The molecule has 0 spiro atoms. The minimum absolute atomic E-state index is 0.365. The molecule has 3 nitrogen and oxygen atoms in total. The van der Waals surface area contributed by atoms with Gasteiger partial charge in [0.2, 0.25) is 5.91 Å². The molecular formula is C17H28N2O. The van der Waals surface area contributed by atoms with Gasteiger partial charge in [0.05, 0.1) is 0 Å². The molecule has 5 rings (SSSR count). The molecule has 1 saturated heterocycles. The maximum absolute atomic E-state index is 12.6. The summed E-state index contributed by atoms with van der Waals surface area (Å²) >= 11 is 0. The number of nitrogens with one attached hydrogen (secondary N) is 2. The summed E-state index contributed by atoms with van der Waals surface area (Å²) in [5.41, 5.74) is 0. The lowest BCUT2D eigenvalue weighted by molar-refractivity contribution is -0.138. The molecule has 1 unspecified atom stereocenters. The van der Waals surface area contributed by atoms with E-state index in [0.717, 1.165) is 55.6 Å². The van der Waals surface area contributed by atoms with Gasteiger partial charge in [0, 0.05) is 12.5 Å². The van der Waals surface area contributed by atoms with Crippen LogP contribution < -0.4 is 10.6 Å². The predicted octanol–water partition coefficient (Wildman–Crippen LogP) is 2.17. The number of carbonyl (C=O) groups is 1. The van der Waals surface area contributed by atoms with E-state index < -0.39 is 0 Å². The third-order valence-electron chi connectivity index (χ3n) is 6.54. The van der Waals surface area contributed by atoms with Gasteiger partial charge in [0.15, 0.2) is 0 Å². The van der Waals surface area contributed by atoms with Crippen LogP contribution in [0.25, 0.3) is 0 Å². The third kappa shape index (κ3) is 2.38. The van der Waals surface area contributed by atoms with Gasteiger partial charge in [-0.25, -0.2) is 0 Å². The van der Waals surface area contributed by atoms with Gasteiger partial charge in [0.25, 0.3) is 0 Å². The van der Waals surface area contributed by atoms with E-state index in [-0.39, 0.29) is 0 Å². The lowest BCUT2D eigenvalue weighted by Crippen LogP contribution is -2.51. The molecule has 0 aromatic rings. The Bertz CT molecular complexity index is 347. The Balaban J connectivity index is 1.30. The summed E-state index contributed by atoms with van der Waals surface area (Å²) in [5.74, 6) is 4.92. The summed E-state index contributed by atoms with van der Waals surface area (Å²) in [5, 5.41) is 6.67. The van der Waals surface area contributed by atoms with Crippen LogP contribution in [0.1, 0.15) is 44.9 Å². The second-order valence-electron chi connectivity index (χ2n) is 7.90. The molecule has 4 aliphatic carbocycles. The van der Waals surface area contributed by atoms with E-state index in [9.17, 15) is 4.79 Å². The highest BCUT2D eigenvalue weighted by molar-refractivity contribution is 5.79. The van der Waals surface area contributed by atoms with E-state index in [0.29, 0.717) is 11.8 Å². The molecule has 2 N–H and O–H groups in total. The molecule has 5 aliphatic rings. The van der Waals surface area contributed by atoms with Crippen LogP contribution in [-0.4, -0.2) is 25.5 Å². The van der Waals surface area contributed by atoms with Crippen LogP contribution in [0.4, 0.5) is 0 Å². The zero-order chi connectivity index (χ0) is 13.5. The van der Waals surface area contributed by atoms with Crippen molar-refractivity contribution in [3.8, 4) is 0 Å². The molecule has 4 saturated carbocycles. The fourth-order valence-corrected chi connectivity index (χ4v) is 5.83. The third-order valence-corrected chi connectivity index (χ3v) is 6.54. The highest BCUT2D eigenvalue weighted by Crippen LogP contribution is 2.56. The Morgan fingerprint density at radius 2 is 1.75 bits per heavy atom. The first-order valence-corrected chi connectivity index (χ1v) is 8.78. The maximum Gasteiger partial charge on any atom is 0.223 e. The summed E-state index contributed by atoms with van der Waals surface area (Å²) in [7, 11) is 0. The number of hydrogen-bond acceptors (Lipinski definition) is 2. The van der Waals surface area contributed by atoms with Crippen LogP contribution in [-0.2, 0) is 4.79 Å². The van der Waals surface area contributed by atoms with Crippen molar-refractivity contribution in [1.82, 2.24) is 10.6 Å². The highest BCUT2D eigenvalue weighted by atomic mass is 16.1. The second kappa shape index (κ2) is 5.32. The van der Waals surface area contributed by atoms with Gasteiger partial charge in [-0.1, -0.05) is 0 Å². The molecule has 1 atom stereocenters. The Morgan fingerprint density at radius 1 is 1.05 bits per heavy atom. The number of carbonyl (C=O) groups excluding carboxylic acids is 1. The van der Waals surface area contributed by atoms with Crippen molar-refractivity contribution in [2.75, 3.05) is 19.6 Å². The smallest absolute Gasteiger partial charge is 0.223 e. The molecule has 0 aromatic heterocycles. The van der Waals surface area contributed by atoms with Crippen LogP contribution in [0, 0.1) is 35.5 Å². The monoisotopic (exact) mass is 276 g/mol. The first-order chi connectivity index (χ1) is 9.79. The highest BCUT2D eigenvalue weighted by Gasteiger charge is 2.50. The average molecular weight is 276 g/mol. The zero-order valence-electron chi connectivity index (χ0n) is 12.4. The Morgan fingerprint density at radius 3 is 2.35 bits per heavy atom. The SMILES string of the molecule is O=C(NCCC1CCNC1)C1C2CC3CC(C2)CC1C3. The fourth-order valence-electron chi connectivity index (χ4n) is 5.83. The summed E-state index contributed by atoms with van der Waals surface area (Å²) in [6, 6.07) is 0. The molecule has 0 aromatic carbocycles. The van der Waals surface area contributed by atoms with E-state index in [1.807, 2.05) is 0 Å². The lowest BCUT2D eigenvalue weighted by Gasteiger charge is -2.53. The normalized spacial score (nSPS) is 45.8. The van der Waals surface area contributed by atoms with Crippen molar-refractivity contribution in [1.29, 1.82) is 0 Å². The van der Waals surface area contributed by atoms with E-state index in [1.165, 1.54) is 38.5 Å². The van der Waals surface area contributed by atoms with Crippen molar-refractivity contribution < 1.29 is 4.79 Å². The number of rotatable bonds is 4. The van der Waals surface area contributed by atoms with E-state index in [4.69, 9.17) is 0 Å². The lowest BCUT2D eigenvalue weighted by atomic mass is 9.51. The minimum atomic E-state index is 0.365. The summed E-state index contributed by atoms with van der Waals surface area (Å²) < 4.78 is 0. The number of amides is 1. The quantitative estimate of drug-likeness (QED) is 0.826. The van der Waals surface area contributed by atoms with Gasteiger partial charge >= 0.3 is 0 Å². The van der Waals surface area contributed by atoms with Gasteiger partial charge in [-0.2, -0.15) is 0 Å². The number of hydrogen-bond donors (Lipinski definition) is 2. The molecule has 1 heterocycles. The van der Waals surface area contributed by atoms with E-state index in [1.54, 1.807) is 0 Å². The van der Waals surface area contributed by atoms with Gasteiger partial charge in [-0.3, -0.25) is 4.79 Å². The van der Waals surface area contributed by atoms with Crippen LogP contribution >= 0.6 is 0 Å². The molecule has 112 valence electrons. The Kier molecular flexibility index (Phi) is 3.49. The largest absolute Gasteiger partial charge is 0.356 e. The van der Waals surface area contributed by atoms with Crippen LogP contribution in [0.2, 0.25) is 0 Å². The Labute approximate surface area is 122 Å². The van der Waals surface area contributed by atoms with Crippen molar-refractivity contribution in [2.24, 2.45) is 35.5 Å². The second-order valence-corrected chi connectivity index (χ2v) is 7.90. The van der Waals surface area contributed by atoms with Gasteiger partial charge in [-0.05, 0) is 87.6 Å². The van der Waals surface area contributed by atoms with Crippen molar-refractivity contribution in [2.45, 2.75) is 44.9 Å². The molecule has 1 aliphatic heterocycles. The standard InChI is InChI=1S/C17H28N2O/c20-17(19-4-2-11-1-3-18-10-11)16-14-6-12-5-13(8-14)9-15(16)7-12/h11-16,18H,1-10H2,(H,19,20). The van der Waals surface area contributed by atoms with E-state index in [2.05, 4.69) is 10.6 Å². The van der Waals surface area contributed by atoms with Gasteiger partial charge < -0.3 is 10.6 Å². The molecule has 4 bridgehead atoms. The topological polar surface area (TPSA) is 41.1 Å². The zero-order valence-corrected chi connectivity index (χ0v) is 12.4. The van der Waals surface area contributed by atoms with Crippen LogP contribution in [0.5, 0.6) is 0 Å². The van der Waals surface area contributed by atoms with Crippen LogP contribution in [0.3, 0.4) is 0 Å². The van der Waals surface area contributed by atoms with Gasteiger partial charge in [0.1, 0.15) is 0 Å². The first kappa shape index (κ1) is 13.1. The maximum atomic E-state index is 12.6. The summed E-state index contributed by atoms with van der Waals surface area (Å²) in [4.78, 5) is 12.6. The Hall–Kier alpha value is -0.570. The van der Waals surface area contributed by atoms with Gasteiger partial charge in [-0.15, -0.1) is 0 Å². The average Bonchev–Trinajstić information content (AvgIpc) is 2.90. The first-order valence-electron chi connectivity index (χ1n) is 8.78. The van der Waals surface area contributed by atoms with Crippen molar-refractivity contribution >= 4 is 5.91 Å². The molecule has 1 amide bonds. The molecular weight excluding hydrogens is 248 g/mol. The molecule has 5 fully saturated rings.